The number of para-hydroxylation sites is 1. The molecule has 0 amide bonds. The molecule has 4 heteroatoms. The van der Waals surface area contributed by atoms with Gasteiger partial charge in [0.2, 0.25) is 0 Å². The van der Waals surface area contributed by atoms with Crippen molar-refractivity contribution in [3.8, 4) is 5.75 Å². The van der Waals surface area contributed by atoms with E-state index in [-0.39, 0.29) is 6.54 Å². The van der Waals surface area contributed by atoms with Gasteiger partial charge in [-0.2, -0.15) is 0 Å². The first kappa shape index (κ1) is 11.5. The molecular weight excluding hydrogens is 194 g/mol. The molecule has 0 spiro atoms. The number of hydrogen-bond acceptors (Lipinski definition) is 3. The molecule has 0 aliphatic rings. The highest BCUT2D eigenvalue weighted by Crippen LogP contribution is 2.16. The molecule has 0 saturated carbocycles. The number of carboxylic acid groups (broad SMARTS) is 1. The molecule has 3 N–H and O–H groups in total. The number of hydrogen-bond donors (Lipinski definition) is 3. The van der Waals surface area contributed by atoms with Crippen molar-refractivity contribution >= 4 is 5.97 Å². The van der Waals surface area contributed by atoms with Gasteiger partial charge in [0.15, 0.2) is 0 Å². The minimum atomic E-state index is -0.849. The van der Waals surface area contributed by atoms with Gasteiger partial charge in [-0.25, -0.2) is 0 Å². The number of carbonyl (C=O) groups is 1. The third-order valence-electron chi connectivity index (χ3n) is 2.07. The summed E-state index contributed by atoms with van der Waals surface area (Å²) >= 11 is 0. The maximum absolute atomic E-state index is 10.2. The molecule has 0 heterocycles. The summed E-state index contributed by atoms with van der Waals surface area (Å²) in [4.78, 5) is 10.2. The average Bonchev–Trinajstić information content (AvgIpc) is 2.20. The second-order valence-electron chi connectivity index (χ2n) is 3.30. The van der Waals surface area contributed by atoms with Crippen molar-refractivity contribution in [1.82, 2.24) is 5.32 Å². The Hall–Kier alpha value is -1.55. The van der Waals surface area contributed by atoms with E-state index < -0.39 is 5.97 Å². The first-order chi connectivity index (χ1) is 7.20. The number of aliphatic carboxylic acids is 1. The molecule has 15 heavy (non-hydrogen) atoms. The Bertz CT molecular complexity index is 325. The van der Waals surface area contributed by atoms with Crippen LogP contribution in [0.1, 0.15) is 12.0 Å². The minimum absolute atomic E-state index is 0.0131. The van der Waals surface area contributed by atoms with Crippen molar-refractivity contribution in [2.24, 2.45) is 0 Å². The predicted molar refractivity (Wildman–Crippen MR) is 56.9 cm³/mol. The van der Waals surface area contributed by atoms with Crippen LogP contribution < -0.4 is 5.32 Å². The molecule has 1 rings (SSSR count). The Balaban J connectivity index is 2.21. The fourth-order valence-electron chi connectivity index (χ4n) is 1.32. The van der Waals surface area contributed by atoms with E-state index in [1.807, 2.05) is 12.1 Å². The van der Waals surface area contributed by atoms with Gasteiger partial charge in [-0.1, -0.05) is 18.2 Å². The largest absolute Gasteiger partial charge is 0.508 e. The lowest BCUT2D eigenvalue weighted by Gasteiger charge is -2.04. The molecule has 0 unspecified atom stereocenters. The molecule has 0 aromatic heterocycles. The van der Waals surface area contributed by atoms with Gasteiger partial charge >= 0.3 is 5.97 Å². The van der Waals surface area contributed by atoms with E-state index in [1.54, 1.807) is 12.1 Å². The van der Waals surface area contributed by atoms with Crippen molar-refractivity contribution < 1.29 is 15.0 Å². The third kappa shape index (κ3) is 4.46. The van der Waals surface area contributed by atoms with Crippen LogP contribution in [0.4, 0.5) is 0 Å². The second kappa shape index (κ2) is 6.03. The van der Waals surface area contributed by atoms with Crippen LogP contribution in [0, 0.1) is 0 Å². The maximum atomic E-state index is 10.2. The summed E-state index contributed by atoms with van der Waals surface area (Å²) in [6.07, 6.45) is 1.56. The van der Waals surface area contributed by atoms with Gasteiger partial charge in [0.1, 0.15) is 5.75 Å². The van der Waals surface area contributed by atoms with Crippen molar-refractivity contribution in [3.63, 3.8) is 0 Å². The summed E-state index contributed by atoms with van der Waals surface area (Å²) in [5.41, 5.74) is 0.898. The number of aromatic hydroxyl groups is 1. The van der Waals surface area contributed by atoms with Crippen molar-refractivity contribution in [2.45, 2.75) is 12.8 Å². The standard InChI is InChI=1S/C11H15NO3/c13-10-6-2-1-4-9(10)5-3-7-12-8-11(14)15/h1-2,4,6,12-13H,3,5,7-8H2,(H,14,15). The third-order valence-corrected chi connectivity index (χ3v) is 2.07. The van der Waals surface area contributed by atoms with E-state index in [9.17, 15) is 9.90 Å². The number of phenols is 1. The molecule has 0 radical (unpaired) electrons. The molecule has 0 bridgehead atoms. The Morgan fingerprint density at radius 2 is 2.07 bits per heavy atom. The first-order valence-corrected chi connectivity index (χ1v) is 4.89. The van der Waals surface area contributed by atoms with Crippen LogP contribution in [0.25, 0.3) is 0 Å². The van der Waals surface area contributed by atoms with Gasteiger partial charge in [-0.15, -0.1) is 0 Å². The molecule has 0 atom stereocenters. The highest BCUT2D eigenvalue weighted by molar-refractivity contribution is 5.68. The van der Waals surface area contributed by atoms with Crippen LogP contribution in [0.15, 0.2) is 24.3 Å². The molecule has 0 aliphatic heterocycles. The van der Waals surface area contributed by atoms with E-state index >= 15 is 0 Å². The second-order valence-corrected chi connectivity index (χ2v) is 3.30. The number of benzene rings is 1. The van der Waals surface area contributed by atoms with E-state index in [4.69, 9.17) is 5.11 Å². The van der Waals surface area contributed by atoms with Gasteiger partial charge in [-0.05, 0) is 31.0 Å². The van der Waals surface area contributed by atoms with Crippen LogP contribution in [-0.2, 0) is 11.2 Å². The zero-order chi connectivity index (χ0) is 11.1. The summed E-state index contributed by atoms with van der Waals surface area (Å²) in [6, 6.07) is 7.17. The summed E-state index contributed by atoms with van der Waals surface area (Å²) in [5.74, 6) is -0.548. The first-order valence-electron chi connectivity index (χ1n) is 4.89. The fraction of sp³-hybridized carbons (Fsp3) is 0.364. The molecule has 0 saturated heterocycles. The Kier molecular flexibility index (Phi) is 4.63. The smallest absolute Gasteiger partial charge is 0.317 e. The zero-order valence-corrected chi connectivity index (χ0v) is 8.44. The Morgan fingerprint density at radius 1 is 1.33 bits per heavy atom. The van der Waals surface area contributed by atoms with E-state index in [2.05, 4.69) is 5.32 Å². The minimum Gasteiger partial charge on any atom is -0.508 e. The molecule has 0 aliphatic carbocycles. The topological polar surface area (TPSA) is 69.6 Å². The summed E-state index contributed by atoms with van der Waals surface area (Å²) in [5, 5.41) is 20.6. The van der Waals surface area contributed by atoms with E-state index in [1.165, 1.54) is 0 Å². The number of rotatable bonds is 6. The van der Waals surface area contributed by atoms with Gasteiger partial charge in [0.25, 0.3) is 0 Å². The van der Waals surface area contributed by atoms with Crippen LogP contribution in [0.5, 0.6) is 5.75 Å². The van der Waals surface area contributed by atoms with Crippen LogP contribution in [0.3, 0.4) is 0 Å². The lowest BCUT2D eigenvalue weighted by molar-refractivity contribution is -0.135. The normalized spacial score (nSPS) is 10.1. The summed E-state index contributed by atoms with van der Waals surface area (Å²) < 4.78 is 0. The van der Waals surface area contributed by atoms with Gasteiger partial charge in [0, 0.05) is 0 Å². The Labute approximate surface area is 88.6 Å². The SMILES string of the molecule is O=C(O)CNCCCc1ccccc1O. The number of aryl methyl sites for hydroxylation is 1. The highest BCUT2D eigenvalue weighted by atomic mass is 16.4. The molecule has 1 aromatic carbocycles. The number of nitrogens with one attached hydrogen (secondary N) is 1. The number of carboxylic acids is 1. The molecular formula is C11H15NO3. The van der Waals surface area contributed by atoms with Gasteiger partial charge < -0.3 is 15.5 Å². The summed E-state index contributed by atoms with van der Waals surface area (Å²) in [7, 11) is 0. The summed E-state index contributed by atoms with van der Waals surface area (Å²) in [6.45, 7) is 0.626. The maximum Gasteiger partial charge on any atom is 0.317 e. The fourth-order valence-corrected chi connectivity index (χ4v) is 1.32. The lowest BCUT2D eigenvalue weighted by atomic mass is 10.1. The van der Waals surface area contributed by atoms with Crippen LogP contribution in [-0.4, -0.2) is 29.3 Å². The molecule has 1 aromatic rings. The lowest BCUT2D eigenvalue weighted by Crippen LogP contribution is -2.23. The molecule has 82 valence electrons. The van der Waals surface area contributed by atoms with Crippen LogP contribution >= 0.6 is 0 Å². The van der Waals surface area contributed by atoms with Gasteiger partial charge in [0.05, 0.1) is 6.54 Å². The quantitative estimate of drug-likeness (QED) is 0.611. The zero-order valence-electron chi connectivity index (χ0n) is 8.44. The predicted octanol–water partition coefficient (Wildman–Crippen LogP) is 0.999. The van der Waals surface area contributed by atoms with E-state index in [0.717, 1.165) is 18.4 Å². The molecule has 4 nitrogen and oxygen atoms in total. The Morgan fingerprint density at radius 3 is 2.73 bits per heavy atom. The highest BCUT2D eigenvalue weighted by Gasteiger charge is 1.99. The monoisotopic (exact) mass is 209 g/mol. The van der Waals surface area contributed by atoms with Crippen molar-refractivity contribution in [1.29, 1.82) is 0 Å². The van der Waals surface area contributed by atoms with Crippen molar-refractivity contribution in [2.75, 3.05) is 13.1 Å². The molecule has 0 fully saturated rings. The van der Waals surface area contributed by atoms with E-state index in [0.29, 0.717) is 12.3 Å². The average molecular weight is 209 g/mol. The van der Waals surface area contributed by atoms with Gasteiger partial charge in [-0.3, -0.25) is 4.79 Å². The van der Waals surface area contributed by atoms with Crippen molar-refractivity contribution in [3.05, 3.63) is 29.8 Å². The number of phenolic OH excluding ortho intramolecular Hbond substituents is 1. The van der Waals surface area contributed by atoms with Crippen LogP contribution in [0.2, 0.25) is 0 Å².